The first kappa shape index (κ1) is 11.6. The van der Waals surface area contributed by atoms with E-state index in [2.05, 4.69) is 38.1 Å². The number of benzene rings is 1. The highest BCUT2D eigenvalue weighted by molar-refractivity contribution is 7.99. The lowest BCUT2D eigenvalue weighted by molar-refractivity contribution is 0.750. The molecule has 0 aliphatic rings. The Morgan fingerprint density at radius 2 is 1.86 bits per heavy atom. The molecule has 0 fully saturated rings. The smallest absolute Gasteiger partial charge is 0.00722 e. The van der Waals surface area contributed by atoms with Crippen molar-refractivity contribution in [2.24, 2.45) is 11.7 Å². The van der Waals surface area contributed by atoms with Gasteiger partial charge in [0.25, 0.3) is 0 Å². The topological polar surface area (TPSA) is 26.0 Å². The van der Waals surface area contributed by atoms with Crippen LogP contribution in [0.2, 0.25) is 0 Å². The van der Waals surface area contributed by atoms with E-state index in [1.54, 1.807) is 0 Å². The fourth-order valence-corrected chi connectivity index (χ4v) is 2.04. The summed E-state index contributed by atoms with van der Waals surface area (Å²) in [6.07, 6.45) is 0.981. The molecule has 0 unspecified atom stereocenters. The second kappa shape index (κ2) is 6.10. The summed E-state index contributed by atoms with van der Waals surface area (Å²) in [7, 11) is 0. The maximum atomic E-state index is 5.49. The molecule has 1 rings (SSSR count). The third-order valence-corrected chi connectivity index (χ3v) is 3.38. The average molecular weight is 209 g/mol. The lowest BCUT2D eigenvalue weighted by Crippen LogP contribution is -2.02. The van der Waals surface area contributed by atoms with E-state index in [-0.39, 0.29) is 0 Å². The predicted octanol–water partition coefficient (Wildman–Crippen LogP) is 2.94. The van der Waals surface area contributed by atoms with Crippen molar-refractivity contribution in [3.63, 3.8) is 0 Å². The molecule has 0 saturated carbocycles. The second-order valence-electron chi connectivity index (χ2n) is 3.89. The van der Waals surface area contributed by atoms with Crippen molar-refractivity contribution in [1.29, 1.82) is 0 Å². The Hall–Kier alpha value is -0.470. The monoisotopic (exact) mass is 209 g/mol. The third-order valence-electron chi connectivity index (χ3n) is 1.94. The highest BCUT2D eigenvalue weighted by atomic mass is 32.2. The molecule has 0 atom stereocenters. The van der Waals surface area contributed by atoms with Gasteiger partial charge in [-0.15, -0.1) is 11.8 Å². The molecule has 0 radical (unpaired) electrons. The molecule has 0 aromatic heterocycles. The molecule has 2 N–H and O–H groups in total. The Balaban J connectivity index is 2.46. The standard InChI is InChI=1S/C12H19NS/c1-10(2)9-14-12-5-3-11(4-6-12)7-8-13/h3-6,10H,7-9,13H2,1-2H3. The second-order valence-corrected chi connectivity index (χ2v) is 4.98. The van der Waals surface area contributed by atoms with Crippen molar-refractivity contribution >= 4 is 11.8 Å². The molecule has 2 heteroatoms. The van der Waals surface area contributed by atoms with Gasteiger partial charge in [-0.3, -0.25) is 0 Å². The van der Waals surface area contributed by atoms with Crippen molar-refractivity contribution < 1.29 is 0 Å². The molecular formula is C12H19NS. The van der Waals surface area contributed by atoms with Crippen LogP contribution in [0.5, 0.6) is 0 Å². The first-order valence-corrected chi connectivity index (χ1v) is 6.12. The van der Waals surface area contributed by atoms with Crippen LogP contribution in [0.1, 0.15) is 19.4 Å². The molecule has 0 amide bonds. The van der Waals surface area contributed by atoms with Gasteiger partial charge in [0.15, 0.2) is 0 Å². The van der Waals surface area contributed by atoms with E-state index in [4.69, 9.17) is 5.73 Å². The summed E-state index contributed by atoms with van der Waals surface area (Å²) in [5, 5.41) is 0. The van der Waals surface area contributed by atoms with E-state index < -0.39 is 0 Å². The number of hydrogen-bond acceptors (Lipinski definition) is 2. The molecule has 0 spiro atoms. The summed E-state index contributed by atoms with van der Waals surface area (Å²) in [5.74, 6) is 1.94. The molecule has 0 bridgehead atoms. The number of thioether (sulfide) groups is 1. The van der Waals surface area contributed by atoms with Gasteiger partial charge in [-0.25, -0.2) is 0 Å². The van der Waals surface area contributed by atoms with Crippen LogP contribution in [0.25, 0.3) is 0 Å². The number of nitrogens with two attached hydrogens (primary N) is 1. The van der Waals surface area contributed by atoms with Crippen LogP contribution in [-0.2, 0) is 6.42 Å². The van der Waals surface area contributed by atoms with Crippen molar-refractivity contribution in [3.05, 3.63) is 29.8 Å². The minimum atomic E-state index is 0.735. The Kier molecular flexibility index (Phi) is 5.05. The highest BCUT2D eigenvalue weighted by Crippen LogP contribution is 2.20. The molecule has 1 nitrogen and oxygen atoms in total. The maximum absolute atomic E-state index is 5.49. The van der Waals surface area contributed by atoms with E-state index in [0.29, 0.717) is 0 Å². The van der Waals surface area contributed by atoms with Gasteiger partial charge in [-0.1, -0.05) is 26.0 Å². The lowest BCUT2D eigenvalue weighted by atomic mass is 10.2. The molecule has 0 aliphatic heterocycles. The summed E-state index contributed by atoms with van der Waals surface area (Å²) in [6, 6.07) is 8.74. The normalized spacial score (nSPS) is 10.9. The summed E-state index contributed by atoms with van der Waals surface area (Å²) < 4.78 is 0. The van der Waals surface area contributed by atoms with Crippen molar-refractivity contribution in [2.75, 3.05) is 12.3 Å². The first-order chi connectivity index (χ1) is 6.72. The maximum Gasteiger partial charge on any atom is 0.00722 e. The van der Waals surface area contributed by atoms with Crippen LogP contribution in [0.3, 0.4) is 0 Å². The quantitative estimate of drug-likeness (QED) is 0.755. The summed E-state index contributed by atoms with van der Waals surface area (Å²) in [4.78, 5) is 1.36. The van der Waals surface area contributed by atoms with Crippen molar-refractivity contribution in [3.8, 4) is 0 Å². The van der Waals surface area contributed by atoms with Gasteiger partial charge in [0.2, 0.25) is 0 Å². The predicted molar refractivity (Wildman–Crippen MR) is 64.8 cm³/mol. The summed E-state index contributed by atoms with van der Waals surface area (Å²) in [5.41, 5.74) is 6.83. The van der Waals surface area contributed by atoms with Crippen LogP contribution < -0.4 is 5.73 Å². The molecule has 0 heterocycles. The zero-order valence-electron chi connectivity index (χ0n) is 8.99. The lowest BCUT2D eigenvalue weighted by Gasteiger charge is -2.05. The minimum Gasteiger partial charge on any atom is -0.330 e. The van der Waals surface area contributed by atoms with E-state index >= 15 is 0 Å². The van der Waals surface area contributed by atoms with Gasteiger partial charge in [-0.2, -0.15) is 0 Å². The zero-order valence-corrected chi connectivity index (χ0v) is 9.81. The Bertz CT molecular complexity index is 254. The molecule has 1 aromatic carbocycles. The summed E-state index contributed by atoms with van der Waals surface area (Å²) in [6.45, 7) is 5.23. The van der Waals surface area contributed by atoms with Gasteiger partial charge < -0.3 is 5.73 Å². The van der Waals surface area contributed by atoms with Crippen LogP contribution in [-0.4, -0.2) is 12.3 Å². The van der Waals surface area contributed by atoms with Gasteiger partial charge in [0.1, 0.15) is 0 Å². The Morgan fingerprint density at radius 3 is 2.36 bits per heavy atom. The molecule has 78 valence electrons. The number of hydrogen-bond donors (Lipinski definition) is 1. The highest BCUT2D eigenvalue weighted by Gasteiger charge is 1.97. The van der Waals surface area contributed by atoms with E-state index in [9.17, 15) is 0 Å². The number of rotatable bonds is 5. The molecule has 0 aliphatic carbocycles. The minimum absolute atomic E-state index is 0.735. The molecule has 14 heavy (non-hydrogen) atoms. The van der Waals surface area contributed by atoms with Crippen molar-refractivity contribution in [2.45, 2.75) is 25.2 Å². The molecule has 1 aromatic rings. The van der Waals surface area contributed by atoms with Crippen LogP contribution in [0.4, 0.5) is 0 Å². The molecule has 0 saturated heterocycles. The van der Waals surface area contributed by atoms with Gasteiger partial charge >= 0.3 is 0 Å². The molecular weight excluding hydrogens is 190 g/mol. The Morgan fingerprint density at radius 1 is 1.21 bits per heavy atom. The fraction of sp³-hybridized carbons (Fsp3) is 0.500. The fourth-order valence-electron chi connectivity index (χ4n) is 1.18. The van der Waals surface area contributed by atoms with Crippen LogP contribution >= 0.6 is 11.8 Å². The van der Waals surface area contributed by atoms with Crippen LogP contribution in [0, 0.1) is 5.92 Å². The van der Waals surface area contributed by atoms with E-state index in [1.165, 1.54) is 16.2 Å². The van der Waals surface area contributed by atoms with Gasteiger partial charge in [0.05, 0.1) is 0 Å². The van der Waals surface area contributed by atoms with E-state index in [0.717, 1.165) is 18.9 Å². The third kappa shape index (κ3) is 4.16. The van der Waals surface area contributed by atoms with Gasteiger partial charge in [0, 0.05) is 10.6 Å². The van der Waals surface area contributed by atoms with Crippen molar-refractivity contribution in [1.82, 2.24) is 0 Å². The van der Waals surface area contributed by atoms with Gasteiger partial charge in [-0.05, 0) is 36.6 Å². The van der Waals surface area contributed by atoms with E-state index in [1.807, 2.05) is 11.8 Å². The SMILES string of the molecule is CC(C)CSc1ccc(CCN)cc1. The average Bonchev–Trinajstić information content (AvgIpc) is 2.17. The largest absolute Gasteiger partial charge is 0.330 e. The van der Waals surface area contributed by atoms with Crippen LogP contribution in [0.15, 0.2) is 29.2 Å². The summed E-state index contributed by atoms with van der Waals surface area (Å²) >= 11 is 1.92. The Labute approximate surface area is 91.1 Å². The zero-order chi connectivity index (χ0) is 10.4. The first-order valence-electron chi connectivity index (χ1n) is 5.14.